The Labute approximate surface area is 138 Å². The zero-order chi connectivity index (χ0) is 16.4. The van der Waals surface area contributed by atoms with Crippen molar-refractivity contribution in [2.75, 3.05) is 26.7 Å². The summed E-state index contributed by atoms with van der Waals surface area (Å²) in [6.45, 7) is 4.49. The molecule has 2 fully saturated rings. The number of likely N-dealkylation sites (N-methyl/N-ethyl adjacent to an activating group) is 1. The smallest absolute Gasteiger partial charge is 0.255 e. The van der Waals surface area contributed by atoms with Gasteiger partial charge < -0.3 is 14.4 Å². The third kappa shape index (κ3) is 3.78. The zero-order valence-electron chi connectivity index (χ0n) is 14.3. The topological polar surface area (TPSA) is 56.9 Å². The van der Waals surface area contributed by atoms with Gasteiger partial charge in [-0.2, -0.15) is 0 Å². The summed E-state index contributed by atoms with van der Waals surface area (Å²) in [5.74, 6) is 2.30. The van der Waals surface area contributed by atoms with Gasteiger partial charge in [-0.1, -0.05) is 6.42 Å². The van der Waals surface area contributed by atoms with Crippen molar-refractivity contribution in [3.63, 3.8) is 0 Å². The molecule has 5 nitrogen and oxygen atoms in total. The molecule has 1 unspecified atom stereocenters. The van der Waals surface area contributed by atoms with E-state index in [0.717, 1.165) is 31.0 Å². The number of likely N-dealkylation sites (tertiary alicyclic amines) is 1. The van der Waals surface area contributed by atoms with Crippen LogP contribution in [0.25, 0.3) is 0 Å². The van der Waals surface area contributed by atoms with Gasteiger partial charge in [0, 0.05) is 19.6 Å². The normalized spacial score (nSPS) is 25.9. The fraction of sp³-hybridized carbons (Fsp3) is 0.722. The summed E-state index contributed by atoms with van der Waals surface area (Å²) in [7, 11) is 1.92. The molecule has 128 valence electrons. The maximum atomic E-state index is 12.7. The number of nitrogens with zero attached hydrogens (tertiary/aromatic N) is 2. The number of aliphatic hydroxyl groups is 1. The van der Waals surface area contributed by atoms with Crippen molar-refractivity contribution in [2.24, 2.45) is 5.92 Å². The third-order valence-corrected chi connectivity index (χ3v) is 5.16. The minimum absolute atomic E-state index is 0.0851. The molecule has 0 aromatic carbocycles. The van der Waals surface area contributed by atoms with E-state index in [4.69, 9.17) is 4.42 Å². The SMILES string of the molecule is Cc1ccc(CN(C)CC2(O)CCCN(CC3CCC3)C2=O)o1. The van der Waals surface area contributed by atoms with E-state index in [1.54, 1.807) is 0 Å². The lowest BCUT2D eigenvalue weighted by Crippen LogP contribution is -2.59. The highest BCUT2D eigenvalue weighted by Gasteiger charge is 2.43. The highest BCUT2D eigenvalue weighted by Crippen LogP contribution is 2.30. The van der Waals surface area contributed by atoms with Crippen LogP contribution in [-0.4, -0.2) is 53.1 Å². The maximum absolute atomic E-state index is 12.7. The minimum Gasteiger partial charge on any atom is -0.465 e. The van der Waals surface area contributed by atoms with Gasteiger partial charge in [0.1, 0.15) is 11.5 Å². The van der Waals surface area contributed by atoms with Gasteiger partial charge in [-0.15, -0.1) is 0 Å². The molecular formula is C18H28N2O3. The fourth-order valence-corrected chi connectivity index (χ4v) is 3.71. The first-order chi connectivity index (χ1) is 11.0. The van der Waals surface area contributed by atoms with Gasteiger partial charge in [0.25, 0.3) is 5.91 Å². The molecule has 1 amide bonds. The van der Waals surface area contributed by atoms with E-state index in [1.165, 1.54) is 19.3 Å². The van der Waals surface area contributed by atoms with Crippen molar-refractivity contribution in [3.8, 4) is 0 Å². The Morgan fingerprint density at radius 2 is 2.17 bits per heavy atom. The standard InChI is InChI=1S/C18H28N2O3/c1-14-7-8-16(23-14)12-19(2)13-18(22)9-4-10-20(17(18)21)11-15-5-3-6-15/h7-8,15,22H,3-6,9-13H2,1-2H3. The van der Waals surface area contributed by atoms with Crippen LogP contribution in [-0.2, 0) is 11.3 Å². The van der Waals surface area contributed by atoms with Crippen molar-refractivity contribution >= 4 is 5.91 Å². The van der Waals surface area contributed by atoms with E-state index in [0.29, 0.717) is 25.4 Å². The predicted octanol–water partition coefficient (Wildman–Crippen LogP) is 2.17. The van der Waals surface area contributed by atoms with Gasteiger partial charge in [0.15, 0.2) is 5.60 Å². The van der Waals surface area contributed by atoms with Crippen LogP contribution in [0.4, 0.5) is 0 Å². The largest absolute Gasteiger partial charge is 0.465 e. The van der Waals surface area contributed by atoms with Gasteiger partial charge >= 0.3 is 0 Å². The quantitative estimate of drug-likeness (QED) is 0.873. The Bertz CT molecular complexity index is 552. The summed E-state index contributed by atoms with van der Waals surface area (Å²) < 4.78 is 5.58. The number of furan rings is 1. The molecule has 1 aliphatic carbocycles. The number of rotatable bonds is 6. The number of aryl methyl sites for hydroxylation is 1. The average molecular weight is 320 g/mol. The van der Waals surface area contributed by atoms with Gasteiger partial charge in [-0.05, 0) is 57.7 Å². The summed E-state index contributed by atoms with van der Waals surface area (Å²) >= 11 is 0. The maximum Gasteiger partial charge on any atom is 0.255 e. The van der Waals surface area contributed by atoms with Crippen molar-refractivity contribution in [1.82, 2.24) is 9.80 Å². The Morgan fingerprint density at radius 3 is 2.78 bits per heavy atom. The van der Waals surface area contributed by atoms with Crippen LogP contribution >= 0.6 is 0 Å². The first kappa shape index (κ1) is 16.5. The molecular weight excluding hydrogens is 292 g/mol. The summed E-state index contributed by atoms with van der Waals surface area (Å²) in [5.41, 5.74) is -1.25. The molecule has 1 saturated carbocycles. The summed E-state index contributed by atoms with van der Waals surface area (Å²) in [6, 6.07) is 3.88. The van der Waals surface area contributed by atoms with E-state index in [9.17, 15) is 9.90 Å². The van der Waals surface area contributed by atoms with Crippen LogP contribution in [0, 0.1) is 12.8 Å². The third-order valence-electron chi connectivity index (χ3n) is 5.16. The van der Waals surface area contributed by atoms with E-state index in [2.05, 4.69) is 0 Å². The number of carbonyl (C=O) groups excluding carboxylic acids is 1. The van der Waals surface area contributed by atoms with Crippen LogP contribution in [0.15, 0.2) is 16.5 Å². The second-order valence-corrected chi connectivity index (χ2v) is 7.37. The highest BCUT2D eigenvalue weighted by atomic mass is 16.3. The van der Waals surface area contributed by atoms with Crippen LogP contribution in [0.1, 0.15) is 43.6 Å². The molecule has 1 N–H and O–H groups in total. The van der Waals surface area contributed by atoms with Gasteiger partial charge in [-0.25, -0.2) is 0 Å². The number of hydrogen-bond acceptors (Lipinski definition) is 4. The lowest BCUT2D eigenvalue weighted by atomic mass is 9.83. The lowest BCUT2D eigenvalue weighted by molar-refractivity contribution is -0.160. The molecule has 3 rings (SSSR count). The summed E-state index contributed by atoms with van der Waals surface area (Å²) in [4.78, 5) is 16.6. The summed E-state index contributed by atoms with van der Waals surface area (Å²) in [5, 5.41) is 10.9. The van der Waals surface area contributed by atoms with E-state index < -0.39 is 5.60 Å². The molecule has 2 heterocycles. The van der Waals surface area contributed by atoms with Gasteiger partial charge in [0.2, 0.25) is 0 Å². The van der Waals surface area contributed by atoms with Crippen molar-refractivity contribution < 1.29 is 14.3 Å². The number of piperidine rings is 1. The van der Waals surface area contributed by atoms with Crippen molar-refractivity contribution in [1.29, 1.82) is 0 Å². The van der Waals surface area contributed by atoms with E-state index >= 15 is 0 Å². The molecule has 1 saturated heterocycles. The predicted molar refractivity (Wildman–Crippen MR) is 87.9 cm³/mol. The van der Waals surface area contributed by atoms with Crippen LogP contribution < -0.4 is 0 Å². The zero-order valence-corrected chi connectivity index (χ0v) is 14.3. The van der Waals surface area contributed by atoms with Crippen molar-refractivity contribution in [2.45, 2.75) is 51.2 Å². The first-order valence-corrected chi connectivity index (χ1v) is 8.72. The highest BCUT2D eigenvalue weighted by molar-refractivity contribution is 5.86. The Hall–Kier alpha value is -1.33. The van der Waals surface area contributed by atoms with Crippen molar-refractivity contribution in [3.05, 3.63) is 23.7 Å². The van der Waals surface area contributed by atoms with Gasteiger partial charge in [0.05, 0.1) is 6.54 Å². The Balaban J connectivity index is 1.58. The molecule has 0 radical (unpaired) electrons. The van der Waals surface area contributed by atoms with Crippen LogP contribution in [0.2, 0.25) is 0 Å². The monoisotopic (exact) mass is 320 g/mol. The second-order valence-electron chi connectivity index (χ2n) is 7.37. The first-order valence-electron chi connectivity index (χ1n) is 8.72. The lowest BCUT2D eigenvalue weighted by Gasteiger charge is -2.42. The molecule has 5 heteroatoms. The number of hydrogen-bond donors (Lipinski definition) is 1. The molecule has 1 aromatic rings. The molecule has 2 aliphatic rings. The molecule has 0 bridgehead atoms. The fourth-order valence-electron chi connectivity index (χ4n) is 3.71. The number of carbonyl (C=O) groups is 1. The molecule has 1 atom stereocenters. The minimum atomic E-state index is -1.25. The second kappa shape index (κ2) is 6.65. The van der Waals surface area contributed by atoms with E-state index in [1.807, 2.05) is 35.9 Å². The Kier molecular flexibility index (Phi) is 4.78. The average Bonchev–Trinajstić information content (AvgIpc) is 2.83. The summed E-state index contributed by atoms with van der Waals surface area (Å²) in [6.07, 6.45) is 5.15. The van der Waals surface area contributed by atoms with Gasteiger partial charge in [-0.3, -0.25) is 9.69 Å². The Morgan fingerprint density at radius 1 is 1.39 bits per heavy atom. The van der Waals surface area contributed by atoms with E-state index in [-0.39, 0.29) is 5.91 Å². The van der Waals surface area contributed by atoms with Crippen LogP contribution in [0.3, 0.4) is 0 Å². The van der Waals surface area contributed by atoms with Crippen LogP contribution in [0.5, 0.6) is 0 Å². The molecule has 1 aliphatic heterocycles. The molecule has 1 aromatic heterocycles. The molecule has 23 heavy (non-hydrogen) atoms. The molecule has 0 spiro atoms. The number of amides is 1.